The number of ketones is 1. The van der Waals surface area contributed by atoms with Crippen LogP contribution in [-0.4, -0.2) is 23.2 Å². The molecule has 0 unspecified atom stereocenters. The molecule has 2 N–H and O–H groups in total. The van der Waals surface area contributed by atoms with E-state index < -0.39 is 17.5 Å². The largest absolute Gasteiger partial charge is 0.360 e. The number of hydrogen-bond donors (Lipinski definition) is 2. The van der Waals surface area contributed by atoms with Crippen molar-refractivity contribution in [1.82, 2.24) is 10.3 Å². The fourth-order valence-corrected chi connectivity index (χ4v) is 2.45. The summed E-state index contributed by atoms with van der Waals surface area (Å²) in [6.45, 7) is 0.366. The van der Waals surface area contributed by atoms with Gasteiger partial charge in [-0.1, -0.05) is 30.3 Å². The lowest BCUT2D eigenvalue weighted by molar-refractivity contribution is -0.116. The first-order valence-electron chi connectivity index (χ1n) is 7.28. The molecule has 3 rings (SSSR count). The van der Waals surface area contributed by atoms with E-state index in [0.717, 1.165) is 5.56 Å². The van der Waals surface area contributed by atoms with Crippen LogP contribution in [0.2, 0.25) is 0 Å². The van der Waals surface area contributed by atoms with Crippen molar-refractivity contribution in [1.29, 1.82) is 0 Å². The Morgan fingerprint density at radius 1 is 1.09 bits per heavy atom. The molecule has 0 saturated heterocycles. The number of fused-ring (bicyclic) bond motifs is 1. The highest BCUT2D eigenvalue weighted by Gasteiger charge is 2.19. The van der Waals surface area contributed by atoms with Gasteiger partial charge in [0.05, 0.1) is 5.56 Å². The molecule has 3 aromatic rings. The molecule has 0 spiro atoms. The van der Waals surface area contributed by atoms with Gasteiger partial charge in [0.1, 0.15) is 5.82 Å². The maximum Gasteiger partial charge on any atom is 0.292 e. The molecule has 4 nitrogen and oxygen atoms in total. The second-order valence-corrected chi connectivity index (χ2v) is 5.21. The summed E-state index contributed by atoms with van der Waals surface area (Å²) in [5.74, 6) is -1.81. The summed E-state index contributed by atoms with van der Waals surface area (Å²) in [5, 5.41) is 3.01. The summed E-state index contributed by atoms with van der Waals surface area (Å²) in [6.07, 6.45) is 2.07. The van der Waals surface area contributed by atoms with Crippen LogP contribution in [0.5, 0.6) is 0 Å². The third-order valence-corrected chi connectivity index (χ3v) is 3.64. The first-order chi connectivity index (χ1) is 11.1. The summed E-state index contributed by atoms with van der Waals surface area (Å²) in [7, 11) is 0. The lowest BCUT2D eigenvalue weighted by atomic mass is 10.1. The summed E-state index contributed by atoms with van der Waals surface area (Å²) in [6, 6.07) is 13.7. The van der Waals surface area contributed by atoms with Crippen LogP contribution in [0.4, 0.5) is 4.39 Å². The number of carbonyl (C=O) groups is 2. The Morgan fingerprint density at radius 3 is 2.65 bits per heavy atom. The van der Waals surface area contributed by atoms with Gasteiger partial charge < -0.3 is 10.3 Å². The van der Waals surface area contributed by atoms with Gasteiger partial charge in [0.25, 0.3) is 11.7 Å². The summed E-state index contributed by atoms with van der Waals surface area (Å²) >= 11 is 0. The van der Waals surface area contributed by atoms with Crippen LogP contribution in [0.15, 0.2) is 54.7 Å². The molecule has 1 aromatic heterocycles. The zero-order valence-electron chi connectivity index (χ0n) is 12.3. The molecule has 2 aromatic carbocycles. The number of aromatic nitrogens is 1. The van der Waals surface area contributed by atoms with Crippen LogP contribution in [0.3, 0.4) is 0 Å². The predicted molar refractivity (Wildman–Crippen MR) is 85.7 cm³/mol. The molecule has 0 aliphatic heterocycles. The van der Waals surface area contributed by atoms with E-state index in [1.807, 2.05) is 30.3 Å². The van der Waals surface area contributed by atoms with Gasteiger partial charge in [-0.05, 0) is 30.2 Å². The van der Waals surface area contributed by atoms with E-state index in [0.29, 0.717) is 23.9 Å². The molecule has 0 bridgehead atoms. The quantitative estimate of drug-likeness (QED) is 0.562. The highest BCUT2D eigenvalue weighted by molar-refractivity contribution is 6.44. The number of amides is 1. The molecule has 5 heteroatoms. The predicted octanol–water partition coefficient (Wildman–Crippen LogP) is 2.85. The fourth-order valence-electron chi connectivity index (χ4n) is 2.45. The van der Waals surface area contributed by atoms with Crippen LogP contribution in [0.25, 0.3) is 10.9 Å². The molecule has 1 heterocycles. The second-order valence-electron chi connectivity index (χ2n) is 5.21. The van der Waals surface area contributed by atoms with Gasteiger partial charge in [0.2, 0.25) is 0 Å². The molecule has 1 amide bonds. The topological polar surface area (TPSA) is 62.0 Å². The first-order valence-corrected chi connectivity index (χ1v) is 7.28. The number of benzene rings is 2. The normalized spacial score (nSPS) is 10.7. The highest BCUT2D eigenvalue weighted by Crippen LogP contribution is 2.19. The lowest BCUT2D eigenvalue weighted by Gasteiger charge is -2.04. The number of halogens is 1. The van der Waals surface area contributed by atoms with E-state index in [2.05, 4.69) is 10.3 Å². The van der Waals surface area contributed by atoms with Crippen LogP contribution >= 0.6 is 0 Å². The molecule has 0 radical (unpaired) electrons. The van der Waals surface area contributed by atoms with E-state index in [1.165, 1.54) is 24.4 Å². The van der Waals surface area contributed by atoms with Crippen LogP contribution in [-0.2, 0) is 11.2 Å². The molecule has 0 saturated carbocycles. The number of hydrogen-bond acceptors (Lipinski definition) is 2. The van der Waals surface area contributed by atoms with Gasteiger partial charge in [-0.25, -0.2) is 4.39 Å². The molecule has 0 aliphatic rings. The van der Waals surface area contributed by atoms with Crippen molar-refractivity contribution in [3.63, 3.8) is 0 Å². The fraction of sp³-hybridized carbons (Fsp3) is 0.111. The molecular weight excluding hydrogens is 295 g/mol. The van der Waals surface area contributed by atoms with E-state index in [9.17, 15) is 14.0 Å². The molecule has 0 aliphatic carbocycles. The SMILES string of the molecule is O=C(NCCc1ccccc1)C(=O)c1c[nH]c2ccc(F)cc12. The van der Waals surface area contributed by atoms with Crippen molar-refractivity contribution in [3.05, 3.63) is 71.7 Å². The molecule has 0 fully saturated rings. The lowest BCUT2D eigenvalue weighted by Crippen LogP contribution is -2.32. The van der Waals surface area contributed by atoms with E-state index in [-0.39, 0.29) is 5.56 Å². The Morgan fingerprint density at radius 2 is 1.87 bits per heavy atom. The Bertz CT molecular complexity index is 856. The number of nitrogens with one attached hydrogen (secondary N) is 2. The first kappa shape index (κ1) is 15.0. The van der Waals surface area contributed by atoms with Crippen molar-refractivity contribution in [2.24, 2.45) is 0 Å². The van der Waals surface area contributed by atoms with Gasteiger partial charge >= 0.3 is 0 Å². The Balaban J connectivity index is 1.67. The number of H-pyrrole nitrogens is 1. The minimum absolute atomic E-state index is 0.178. The van der Waals surface area contributed by atoms with Crippen molar-refractivity contribution in [2.75, 3.05) is 6.54 Å². The number of aromatic amines is 1. The maximum atomic E-state index is 13.3. The third-order valence-electron chi connectivity index (χ3n) is 3.64. The van der Waals surface area contributed by atoms with Gasteiger partial charge in [-0.2, -0.15) is 0 Å². The van der Waals surface area contributed by atoms with Gasteiger partial charge in [-0.15, -0.1) is 0 Å². The van der Waals surface area contributed by atoms with Crippen LogP contribution in [0, 0.1) is 5.82 Å². The average molecular weight is 310 g/mol. The van der Waals surface area contributed by atoms with Gasteiger partial charge in [0, 0.05) is 23.6 Å². The molecule has 23 heavy (non-hydrogen) atoms. The van der Waals surface area contributed by atoms with E-state index in [1.54, 1.807) is 0 Å². The number of Topliss-reactive ketones (excluding diaryl/α,β-unsaturated/α-hetero) is 1. The zero-order chi connectivity index (χ0) is 16.2. The monoisotopic (exact) mass is 310 g/mol. The van der Waals surface area contributed by atoms with Crippen molar-refractivity contribution < 1.29 is 14.0 Å². The second kappa shape index (κ2) is 6.44. The van der Waals surface area contributed by atoms with E-state index >= 15 is 0 Å². The van der Waals surface area contributed by atoms with Gasteiger partial charge in [-0.3, -0.25) is 9.59 Å². The highest BCUT2D eigenvalue weighted by atomic mass is 19.1. The van der Waals surface area contributed by atoms with Gasteiger partial charge in [0.15, 0.2) is 0 Å². The average Bonchev–Trinajstić information content (AvgIpc) is 2.98. The Kier molecular flexibility index (Phi) is 4.19. The zero-order valence-corrected chi connectivity index (χ0v) is 12.3. The maximum absolute atomic E-state index is 13.3. The van der Waals surface area contributed by atoms with E-state index in [4.69, 9.17) is 0 Å². The van der Waals surface area contributed by atoms with Crippen LogP contribution < -0.4 is 5.32 Å². The number of carbonyl (C=O) groups excluding carboxylic acids is 2. The van der Waals surface area contributed by atoms with Crippen molar-refractivity contribution in [2.45, 2.75) is 6.42 Å². The smallest absolute Gasteiger partial charge is 0.292 e. The van der Waals surface area contributed by atoms with Crippen molar-refractivity contribution in [3.8, 4) is 0 Å². The van der Waals surface area contributed by atoms with Crippen molar-refractivity contribution >= 4 is 22.6 Å². The Hall–Kier alpha value is -2.95. The number of rotatable bonds is 5. The summed E-state index contributed by atoms with van der Waals surface area (Å²) in [4.78, 5) is 27.1. The third kappa shape index (κ3) is 3.29. The minimum atomic E-state index is -0.689. The van der Waals surface area contributed by atoms with Crippen LogP contribution in [0.1, 0.15) is 15.9 Å². The Labute approximate surface area is 132 Å². The summed E-state index contributed by atoms with van der Waals surface area (Å²) < 4.78 is 13.3. The molecule has 0 atom stereocenters. The standard InChI is InChI=1S/C18H15FN2O2/c19-13-6-7-16-14(10-13)15(11-21-16)17(22)18(23)20-9-8-12-4-2-1-3-5-12/h1-7,10-11,21H,8-9H2,(H,20,23). The molecule has 116 valence electrons. The minimum Gasteiger partial charge on any atom is -0.360 e. The molecular formula is C18H15FN2O2. The summed E-state index contributed by atoms with van der Waals surface area (Å²) in [5.41, 5.74) is 1.87.